The van der Waals surface area contributed by atoms with Gasteiger partial charge in [0.15, 0.2) is 25.0 Å². The molecule has 0 aromatic rings. The molecule has 0 aromatic carbocycles. The summed E-state index contributed by atoms with van der Waals surface area (Å²) in [6.45, 7) is -1.95. The molecule has 3 heterocycles. The lowest BCUT2D eigenvalue weighted by Crippen LogP contribution is -2.66. The van der Waals surface area contributed by atoms with Crippen molar-refractivity contribution >= 4 is 0 Å². The average Bonchev–Trinajstić information content (AvgIpc) is 2.96. The van der Waals surface area contributed by atoms with E-state index in [4.69, 9.17) is 34.2 Å². The van der Waals surface area contributed by atoms with Gasteiger partial charge in [-0.15, -0.1) is 0 Å². The number of nitrogens with zero attached hydrogens (tertiary/aromatic N) is 1. The van der Waals surface area contributed by atoms with Crippen LogP contribution < -0.4 is 5.73 Å². The van der Waals surface area contributed by atoms with Crippen LogP contribution in [-0.2, 0) is 28.4 Å². The molecule has 19 nitrogen and oxygen atoms in total. The van der Waals surface area contributed by atoms with Crippen LogP contribution in [0.5, 0.6) is 0 Å². The van der Waals surface area contributed by atoms with Crippen molar-refractivity contribution in [2.24, 2.45) is 5.73 Å². The first-order chi connectivity index (χ1) is 19.9. The van der Waals surface area contributed by atoms with E-state index in [1.165, 1.54) is 0 Å². The highest BCUT2D eigenvalue weighted by Crippen LogP contribution is 2.32. The SMILES string of the molecule is NCCCCCO[C@@H]1OC(C[N+](=O)[O-])[C@@H](O[C@@H]2OC(CO)[C@H](O[C@H]3OC(CO)[C@H](O)[C@H](O)C3O)[C@H](O)C2O)[C@H](O)C1O. The Morgan fingerprint density at radius 2 is 1.14 bits per heavy atom. The number of aliphatic hydroxyl groups excluding tert-OH is 9. The second-order valence-electron chi connectivity index (χ2n) is 10.4. The Hall–Kier alpha value is -1.24. The minimum absolute atomic E-state index is 0.107. The van der Waals surface area contributed by atoms with E-state index in [1.807, 2.05) is 0 Å². The number of rotatable bonds is 14. The second kappa shape index (κ2) is 16.2. The van der Waals surface area contributed by atoms with Gasteiger partial charge in [0.2, 0.25) is 6.54 Å². The van der Waals surface area contributed by atoms with Crippen LogP contribution in [0.3, 0.4) is 0 Å². The molecule has 3 fully saturated rings. The van der Waals surface area contributed by atoms with Crippen molar-refractivity contribution in [3.63, 3.8) is 0 Å². The van der Waals surface area contributed by atoms with E-state index in [0.29, 0.717) is 13.0 Å². The molecule has 0 aromatic heterocycles. The van der Waals surface area contributed by atoms with Crippen LogP contribution >= 0.6 is 0 Å². The molecule has 0 spiro atoms. The summed E-state index contributed by atoms with van der Waals surface area (Å²) in [5.41, 5.74) is 5.44. The van der Waals surface area contributed by atoms with Crippen molar-refractivity contribution in [3.05, 3.63) is 10.1 Å². The third kappa shape index (κ3) is 8.27. The van der Waals surface area contributed by atoms with E-state index < -0.39 is 117 Å². The summed E-state index contributed by atoms with van der Waals surface area (Å²) >= 11 is 0. The monoisotopic (exact) mass is 618 g/mol. The molecule has 0 radical (unpaired) electrons. The normalized spacial score (nSPS) is 44.7. The fraction of sp³-hybridized carbons (Fsp3) is 1.00. The predicted octanol–water partition coefficient (Wildman–Crippen LogP) is -6.14. The molecule has 3 saturated heterocycles. The van der Waals surface area contributed by atoms with Crippen LogP contribution in [0, 0.1) is 10.1 Å². The zero-order valence-corrected chi connectivity index (χ0v) is 22.6. The van der Waals surface area contributed by atoms with Gasteiger partial charge in [-0.2, -0.15) is 0 Å². The lowest BCUT2D eigenvalue weighted by molar-refractivity contribution is -0.505. The first-order valence-electron chi connectivity index (χ1n) is 13.6. The molecule has 3 aliphatic heterocycles. The van der Waals surface area contributed by atoms with Crippen LogP contribution in [0.15, 0.2) is 0 Å². The summed E-state index contributed by atoms with van der Waals surface area (Å²) < 4.78 is 32.8. The maximum atomic E-state index is 11.3. The zero-order valence-electron chi connectivity index (χ0n) is 22.6. The third-order valence-electron chi connectivity index (χ3n) is 7.35. The van der Waals surface area contributed by atoms with E-state index >= 15 is 0 Å². The van der Waals surface area contributed by atoms with Crippen molar-refractivity contribution in [2.75, 3.05) is 32.9 Å². The van der Waals surface area contributed by atoms with Crippen LogP contribution in [0.1, 0.15) is 19.3 Å². The van der Waals surface area contributed by atoms with E-state index in [1.54, 1.807) is 0 Å². The molecule has 6 unspecified atom stereocenters. The smallest absolute Gasteiger partial charge is 0.232 e. The highest BCUT2D eigenvalue weighted by Gasteiger charge is 2.54. The van der Waals surface area contributed by atoms with Crippen molar-refractivity contribution in [2.45, 2.75) is 111 Å². The maximum absolute atomic E-state index is 11.3. The van der Waals surface area contributed by atoms with Crippen LogP contribution in [0.2, 0.25) is 0 Å². The third-order valence-corrected chi connectivity index (χ3v) is 7.35. The molecular formula is C23H42N2O17. The lowest BCUT2D eigenvalue weighted by atomic mass is 9.96. The minimum atomic E-state index is -1.99. The molecule has 3 aliphatic rings. The predicted molar refractivity (Wildman–Crippen MR) is 133 cm³/mol. The van der Waals surface area contributed by atoms with Gasteiger partial charge in [0.05, 0.1) is 13.2 Å². The largest absolute Gasteiger partial charge is 0.394 e. The van der Waals surface area contributed by atoms with Gasteiger partial charge < -0.3 is 80.1 Å². The minimum Gasteiger partial charge on any atom is -0.394 e. The topological polar surface area (TPSA) is 307 Å². The van der Waals surface area contributed by atoms with Gasteiger partial charge in [0, 0.05) is 11.5 Å². The molecule has 0 aliphatic carbocycles. The van der Waals surface area contributed by atoms with Crippen molar-refractivity contribution in [3.8, 4) is 0 Å². The highest BCUT2D eigenvalue weighted by atomic mass is 16.8. The molecule has 15 atom stereocenters. The summed E-state index contributed by atoms with van der Waals surface area (Å²) in [6, 6.07) is 0. The lowest BCUT2D eigenvalue weighted by Gasteiger charge is -2.47. The van der Waals surface area contributed by atoms with Crippen LogP contribution in [0.4, 0.5) is 0 Å². The summed E-state index contributed by atoms with van der Waals surface area (Å²) in [5.74, 6) is 0. The van der Waals surface area contributed by atoms with Crippen LogP contribution in [0.25, 0.3) is 0 Å². The number of hydrogen-bond acceptors (Lipinski definition) is 18. The molecule has 0 saturated carbocycles. The van der Waals surface area contributed by atoms with Crippen molar-refractivity contribution < 1.29 is 79.3 Å². The van der Waals surface area contributed by atoms with E-state index in [0.717, 1.165) is 12.8 Å². The Morgan fingerprint density at radius 3 is 1.69 bits per heavy atom. The standard InChI is InChI=1S/C23H42N2O17/c24-4-2-1-3-5-37-21-17(33)14(30)19(9(38-21)6-25(35)36)41-23-18(34)15(31)20(11(8-27)40-23)42-22-16(32)13(29)12(28)10(7-26)39-22/h9-23,26-34H,1-8,24H2/t9?,10?,11?,12-,13-,14+,15+,16?,17?,18?,19+,20-,21+,22+,23-/m0/s1. The van der Waals surface area contributed by atoms with Crippen molar-refractivity contribution in [1.82, 2.24) is 0 Å². The van der Waals surface area contributed by atoms with Gasteiger partial charge in [-0.1, -0.05) is 0 Å². The fourth-order valence-corrected chi connectivity index (χ4v) is 4.95. The number of hydrogen-bond donors (Lipinski definition) is 10. The Balaban J connectivity index is 1.69. The van der Waals surface area contributed by atoms with E-state index in [-0.39, 0.29) is 6.61 Å². The summed E-state index contributed by atoms with van der Waals surface area (Å²) in [5, 5.41) is 104. The first kappa shape index (κ1) is 35.2. The van der Waals surface area contributed by atoms with Gasteiger partial charge in [0.25, 0.3) is 0 Å². The molecule has 0 bridgehead atoms. The number of ether oxygens (including phenoxy) is 6. The molecule has 246 valence electrons. The summed E-state index contributed by atoms with van der Waals surface area (Å²) in [7, 11) is 0. The van der Waals surface area contributed by atoms with Gasteiger partial charge >= 0.3 is 0 Å². The summed E-state index contributed by atoms with van der Waals surface area (Å²) in [6.07, 6.45) is -23.5. The number of aliphatic hydroxyl groups is 9. The molecule has 0 amide bonds. The van der Waals surface area contributed by atoms with Crippen LogP contribution in [-0.4, -0.2) is 176 Å². The van der Waals surface area contributed by atoms with E-state index in [9.17, 15) is 56.1 Å². The molecule has 19 heteroatoms. The quantitative estimate of drug-likeness (QED) is 0.0492. The second-order valence-corrected chi connectivity index (χ2v) is 10.4. The Kier molecular flexibility index (Phi) is 13.6. The Labute approximate surface area is 240 Å². The van der Waals surface area contributed by atoms with Gasteiger partial charge in [0.1, 0.15) is 67.1 Å². The Morgan fingerprint density at radius 1 is 0.643 bits per heavy atom. The average molecular weight is 619 g/mol. The fourth-order valence-electron chi connectivity index (χ4n) is 4.95. The maximum Gasteiger partial charge on any atom is 0.232 e. The van der Waals surface area contributed by atoms with Gasteiger partial charge in [-0.3, -0.25) is 10.1 Å². The molecular weight excluding hydrogens is 576 g/mol. The molecule has 11 N–H and O–H groups in total. The van der Waals surface area contributed by atoms with Gasteiger partial charge in [-0.05, 0) is 25.8 Å². The number of nitrogens with two attached hydrogens (primary N) is 1. The number of unbranched alkanes of at least 4 members (excludes halogenated alkanes) is 2. The highest BCUT2D eigenvalue weighted by molar-refractivity contribution is 4.96. The van der Waals surface area contributed by atoms with E-state index in [2.05, 4.69) is 0 Å². The zero-order chi connectivity index (χ0) is 31.1. The Bertz CT molecular complexity index is 826. The molecule has 42 heavy (non-hydrogen) atoms. The molecule has 3 rings (SSSR count). The first-order valence-corrected chi connectivity index (χ1v) is 13.6. The summed E-state index contributed by atoms with van der Waals surface area (Å²) in [4.78, 5) is 10.6. The number of nitro groups is 1. The van der Waals surface area contributed by atoms with Crippen molar-refractivity contribution in [1.29, 1.82) is 0 Å². The van der Waals surface area contributed by atoms with Gasteiger partial charge in [-0.25, -0.2) is 0 Å².